The monoisotopic (exact) mass is 442 g/mol. The molecule has 0 atom stereocenters. The average Bonchev–Trinajstić information content (AvgIpc) is 2.85. The van der Waals surface area contributed by atoms with Crippen molar-refractivity contribution in [3.63, 3.8) is 0 Å². The molecule has 0 fully saturated rings. The maximum Gasteiger partial charge on any atom is 0.171 e. The van der Waals surface area contributed by atoms with Gasteiger partial charge in [-0.05, 0) is 36.8 Å². The number of rotatable bonds is 9. The van der Waals surface area contributed by atoms with E-state index in [0.29, 0.717) is 19.0 Å². The Morgan fingerprint density at radius 3 is 1.66 bits per heavy atom. The SMILES string of the molecule is Cc1cccc(OCCCOc2cccc(P(=O)(c3ccccc3)c3ccccc3)c2)c1. The van der Waals surface area contributed by atoms with Crippen molar-refractivity contribution in [3.8, 4) is 11.5 Å². The van der Waals surface area contributed by atoms with Crippen molar-refractivity contribution < 1.29 is 14.0 Å². The fraction of sp³-hybridized carbons (Fsp3) is 0.143. The number of ether oxygens (including phenoxy) is 2. The molecule has 0 saturated heterocycles. The molecule has 4 heteroatoms. The van der Waals surface area contributed by atoms with Gasteiger partial charge < -0.3 is 14.0 Å². The van der Waals surface area contributed by atoms with Crippen LogP contribution in [0.4, 0.5) is 0 Å². The van der Waals surface area contributed by atoms with Gasteiger partial charge in [-0.15, -0.1) is 0 Å². The normalized spacial score (nSPS) is 11.2. The molecule has 0 aliphatic heterocycles. The highest BCUT2D eigenvalue weighted by Crippen LogP contribution is 2.42. The van der Waals surface area contributed by atoms with E-state index >= 15 is 0 Å². The molecule has 0 heterocycles. The first kappa shape index (κ1) is 21.9. The fourth-order valence-electron chi connectivity index (χ4n) is 3.64. The first-order chi connectivity index (χ1) is 15.7. The summed E-state index contributed by atoms with van der Waals surface area (Å²) in [6, 6.07) is 35.0. The molecule has 0 saturated carbocycles. The van der Waals surface area contributed by atoms with Gasteiger partial charge >= 0.3 is 0 Å². The van der Waals surface area contributed by atoms with Crippen molar-refractivity contribution >= 4 is 23.1 Å². The van der Waals surface area contributed by atoms with Gasteiger partial charge in [-0.3, -0.25) is 0 Å². The van der Waals surface area contributed by atoms with Crippen molar-refractivity contribution in [3.05, 3.63) is 115 Å². The van der Waals surface area contributed by atoms with Gasteiger partial charge in [0.15, 0.2) is 7.14 Å². The summed E-state index contributed by atoms with van der Waals surface area (Å²) in [7, 11) is -3.00. The van der Waals surface area contributed by atoms with Gasteiger partial charge in [0.25, 0.3) is 0 Å². The highest BCUT2D eigenvalue weighted by molar-refractivity contribution is 7.85. The molecule has 4 aromatic carbocycles. The van der Waals surface area contributed by atoms with E-state index in [2.05, 4.69) is 0 Å². The number of hydrogen-bond acceptors (Lipinski definition) is 3. The molecule has 4 rings (SSSR count). The maximum absolute atomic E-state index is 14.5. The summed E-state index contributed by atoms with van der Waals surface area (Å²) in [5.41, 5.74) is 1.18. The van der Waals surface area contributed by atoms with Crippen molar-refractivity contribution in [2.75, 3.05) is 13.2 Å². The predicted octanol–water partition coefficient (Wildman–Crippen LogP) is 5.48. The molecule has 0 unspecified atom stereocenters. The zero-order valence-corrected chi connectivity index (χ0v) is 19.1. The first-order valence-electron chi connectivity index (χ1n) is 10.8. The van der Waals surface area contributed by atoms with Crippen LogP contribution in [0.15, 0.2) is 109 Å². The Balaban J connectivity index is 1.47. The molecular formula is C28H27O3P. The Hall–Kier alpha value is -3.29. The molecular weight excluding hydrogens is 415 g/mol. The standard InChI is InChI=1S/C28H27O3P/c1-23-11-8-12-24(21-23)30-19-10-20-31-25-13-9-18-28(22-25)32(29,26-14-4-2-5-15-26)27-16-6-3-7-17-27/h2-9,11-18,21-22H,10,19-20H2,1H3. The number of benzene rings is 4. The summed E-state index contributed by atoms with van der Waals surface area (Å²) < 4.78 is 26.2. The summed E-state index contributed by atoms with van der Waals surface area (Å²) in [6.07, 6.45) is 0.757. The van der Waals surface area contributed by atoms with Crippen LogP contribution in [0, 0.1) is 6.92 Å². The van der Waals surface area contributed by atoms with E-state index in [0.717, 1.165) is 28.1 Å². The quantitative estimate of drug-likeness (QED) is 0.254. The lowest BCUT2D eigenvalue weighted by atomic mass is 10.2. The van der Waals surface area contributed by atoms with Gasteiger partial charge in [0, 0.05) is 22.3 Å². The van der Waals surface area contributed by atoms with Gasteiger partial charge in [-0.25, -0.2) is 0 Å². The number of aryl methyl sites for hydroxylation is 1. The molecule has 0 amide bonds. The van der Waals surface area contributed by atoms with Crippen molar-refractivity contribution in [1.82, 2.24) is 0 Å². The Bertz CT molecular complexity index is 1150. The van der Waals surface area contributed by atoms with Crippen LogP contribution in [0.3, 0.4) is 0 Å². The van der Waals surface area contributed by atoms with Gasteiger partial charge in [-0.1, -0.05) is 84.9 Å². The van der Waals surface area contributed by atoms with Gasteiger partial charge in [0.1, 0.15) is 11.5 Å². The molecule has 0 N–H and O–H groups in total. The Kier molecular flexibility index (Phi) is 7.09. The Morgan fingerprint density at radius 2 is 1.09 bits per heavy atom. The molecule has 0 aliphatic rings. The van der Waals surface area contributed by atoms with Crippen LogP contribution in [-0.4, -0.2) is 13.2 Å². The van der Waals surface area contributed by atoms with Crippen molar-refractivity contribution in [2.24, 2.45) is 0 Å². The Labute approximate surface area is 190 Å². The molecule has 0 aliphatic carbocycles. The van der Waals surface area contributed by atoms with E-state index in [-0.39, 0.29) is 0 Å². The van der Waals surface area contributed by atoms with E-state index in [1.807, 2.05) is 116 Å². The summed E-state index contributed by atoms with van der Waals surface area (Å²) in [5.74, 6) is 1.59. The molecule has 0 spiro atoms. The molecule has 32 heavy (non-hydrogen) atoms. The highest BCUT2D eigenvalue weighted by atomic mass is 31.2. The third-order valence-electron chi connectivity index (χ3n) is 5.24. The van der Waals surface area contributed by atoms with Crippen LogP contribution in [0.5, 0.6) is 11.5 Å². The molecule has 4 aromatic rings. The third kappa shape index (κ3) is 5.12. The third-order valence-corrected chi connectivity index (χ3v) is 8.29. The van der Waals surface area contributed by atoms with Crippen LogP contribution >= 0.6 is 7.14 Å². The summed E-state index contributed by atoms with van der Waals surface area (Å²) >= 11 is 0. The molecule has 0 bridgehead atoms. The van der Waals surface area contributed by atoms with Gasteiger partial charge in [0.05, 0.1) is 13.2 Å². The topological polar surface area (TPSA) is 35.5 Å². The van der Waals surface area contributed by atoms with E-state index in [4.69, 9.17) is 9.47 Å². The zero-order valence-electron chi connectivity index (χ0n) is 18.2. The second kappa shape index (κ2) is 10.3. The lowest BCUT2D eigenvalue weighted by molar-refractivity contribution is 0.247. The maximum atomic E-state index is 14.5. The molecule has 0 radical (unpaired) electrons. The van der Waals surface area contributed by atoms with E-state index in [1.165, 1.54) is 5.56 Å². The predicted molar refractivity (Wildman–Crippen MR) is 133 cm³/mol. The van der Waals surface area contributed by atoms with E-state index in [1.54, 1.807) is 0 Å². The van der Waals surface area contributed by atoms with Crippen LogP contribution < -0.4 is 25.4 Å². The van der Waals surface area contributed by atoms with Crippen molar-refractivity contribution in [1.29, 1.82) is 0 Å². The minimum atomic E-state index is -3.00. The largest absolute Gasteiger partial charge is 0.493 e. The Morgan fingerprint density at radius 1 is 0.594 bits per heavy atom. The minimum Gasteiger partial charge on any atom is -0.493 e. The zero-order chi connectivity index (χ0) is 22.2. The lowest BCUT2D eigenvalue weighted by Crippen LogP contribution is -2.25. The highest BCUT2D eigenvalue weighted by Gasteiger charge is 2.29. The summed E-state index contributed by atoms with van der Waals surface area (Å²) in [5, 5.41) is 2.40. The fourth-order valence-corrected chi connectivity index (χ4v) is 6.32. The molecule has 3 nitrogen and oxygen atoms in total. The number of hydrogen-bond donors (Lipinski definition) is 0. The van der Waals surface area contributed by atoms with Crippen LogP contribution in [0.1, 0.15) is 12.0 Å². The smallest absolute Gasteiger partial charge is 0.171 e. The second-order valence-electron chi connectivity index (χ2n) is 7.64. The first-order valence-corrected chi connectivity index (χ1v) is 12.5. The molecule has 0 aromatic heterocycles. The van der Waals surface area contributed by atoms with Gasteiger partial charge in [-0.2, -0.15) is 0 Å². The van der Waals surface area contributed by atoms with Gasteiger partial charge in [0.2, 0.25) is 0 Å². The molecule has 162 valence electrons. The summed E-state index contributed by atoms with van der Waals surface area (Å²) in [6.45, 7) is 3.15. The lowest BCUT2D eigenvalue weighted by Gasteiger charge is -2.20. The van der Waals surface area contributed by atoms with E-state index < -0.39 is 7.14 Å². The minimum absolute atomic E-state index is 0.524. The van der Waals surface area contributed by atoms with Crippen LogP contribution in [0.25, 0.3) is 0 Å². The van der Waals surface area contributed by atoms with Crippen LogP contribution in [0.2, 0.25) is 0 Å². The van der Waals surface area contributed by atoms with Crippen molar-refractivity contribution in [2.45, 2.75) is 13.3 Å². The average molecular weight is 442 g/mol. The van der Waals surface area contributed by atoms with Crippen LogP contribution in [-0.2, 0) is 4.57 Å². The summed E-state index contributed by atoms with van der Waals surface area (Å²) in [4.78, 5) is 0. The van der Waals surface area contributed by atoms with E-state index in [9.17, 15) is 4.57 Å². The second-order valence-corrected chi connectivity index (χ2v) is 10.4.